The summed E-state index contributed by atoms with van der Waals surface area (Å²) in [7, 11) is 0. The van der Waals surface area contributed by atoms with E-state index in [4.69, 9.17) is 17.3 Å². The second-order valence-electron chi connectivity index (χ2n) is 3.80. The lowest BCUT2D eigenvalue weighted by Crippen LogP contribution is -2.19. The van der Waals surface area contributed by atoms with Crippen molar-refractivity contribution in [2.75, 3.05) is 16.4 Å². The minimum atomic E-state index is -0.354. The summed E-state index contributed by atoms with van der Waals surface area (Å²) in [6.45, 7) is 0. The van der Waals surface area contributed by atoms with Gasteiger partial charge in [-0.15, -0.1) is 0 Å². The second-order valence-corrected chi connectivity index (χ2v) is 5.06. The number of anilines is 3. The van der Waals surface area contributed by atoms with Crippen LogP contribution in [-0.2, 0) is 0 Å². The van der Waals surface area contributed by atoms with Crippen molar-refractivity contribution in [3.05, 3.63) is 52.0 Å². The van der Waals surface area contributed by atoms with Gasteiger partial charge in [-0.3, -0.25) is 0 Å². The van der Waals surface area contributed by atoms with Crippen LogP contribution in [-0.4, -0.2) is 6.03 Å². The van der Waals surface area contributed by atoms with Crippen LogP contribution in [0.5, 0.6) is 0 Å². The molecule has 0 unspecified atom stereocenters. The van der Waals surface area contributed by atoms with E-state index in [1.54, 1.807) is 24.3 Å². The van der Waals surface area contributed by atoms with Crippen molar-refractivity contribution in [3.8, 4) is 0 Å². The fourth-order valence-electron chi connectivity index (χ4n) is 1.45. The van der Waals surface area contributed by atoms with E-state index >= 15 is 0 Å². The van der Waals surface area contributed by atoms with E-state index < -0.39 is 0 Å². The Labute approximate surface area is 124 Å². The molecule has 19 heavy (non-hydrogen) atoms. The van der Waals surface area contributed by atoms with Crippen molar-refractivity contribution in [1.29, 1.82) is 0 Å². The number of nitrogens with two attached hydrogens (primary N) is 1. The number of halogens is 2. The van der Waals surface area contributed by atoms with Gasteiger partial charge >= 0.3 is 6.03 Å². The van der Waals surface area contributed by atoms with E-state index in [0.29, 0.717) is 22.1 Å². The SMILES string of the molecule is Nc1ccc(NC(=O)Nc2ccccc2Br)cc1Cl. The lowest BCUT2D eigenvalue weighted by Gasteiger charge is -2.09. The van der Waals surface area contributed by atoms with Crippen molar-refractivity contribution >= 4 is 50.6 Å². The van der Waals surface area contributed by atoms with Crippen molar-refractivity contribution in [2.45, 2.75) is 0 Å². The molecule has 0 spiro atoms. The normalized spacial score (nSPS) is 10.0. The second kappa shape index (κ2) is 5.95. The summed E-state index contributed by atoms with van der Waals surface area (Å²) in [6.07, 6.45) is 0. The molecule has 2 aromatic rings. The Hall–Kier alpha value is -1.72. The Balaban J connectivity index is 2.05. The van der Waals surface area contributed by atoms with Gasteiger partial charge in [-0.25, -0.2) is 4.79 Å². The molecule has 0 aliphatic carbocycles. The third-order valence-corrected chi connectivity index (χ3v) is 3.40. The summed E-state index contributed by atoms with van der Waals surface area (Å²) in [5, 5.41) is 5.80. The fourth-order valence-corrected chi connectivity index (χ4v) is 2.02. The minimum absolute atomic E-state index is 0.354. The van der Waals surface area contributed by atoms with Gasteiger partial charge in [0.05, 0.1) is 16.4 Å². The lowest BCUT2D eigenvalue weighted by molar-refractivity contribution is 0.262. The van der Waals surface area contributed by atoms with Crippen LogP contribution in [0, 0.1) is 0 Å². The van der Waals surface area contributed by atoms with Gasteiger partial charge in [0.2, 0.25) is 0 Å². The highest BCUT2D eigenvalue weighted by atomic mass is 79.9. The molecule has 4 nitrogen and oxygen atoms in total. The van der Waals surface area contributed by atoms with Crippen molar-refractivity contribution in [3.63, 3.8) is 0 Å². The third kappa shape index (κ3) is 3.62. The molecule has 0 fully saturated rings. The van der Waals surface area contributed by atoms with Gasteiger partial charge in [0.1, 0.15) is 0 Å². The highest BCUT2D eigenvalue weighted by Gasteiger charge is 2.06. The van der Waals surface area contributed by atoms with E-state index in [0.717, 1.165) is 4.47 Å². The van der Waals surface area contributed by atoms with Crippen LogP contribution in [0.25, 0.3) is 0 Å². The fraction of sp³-hybridized carbons (Fsp3) is 0. The van der Waals surface area contributed by atoms with Gasteiger partial charge in [0.25, 0.3) is 0 Å². The van der Waals surface area contributed by atoms with E-state index in [2.05, 4.69) is 26.6 Å². The maximum atomic E-state index is 11.8. The Morgan fingerprint density at radius 2 is 1.89 bits per heavy atom. The first-order valence-electron chi connectivity index (χ1n) is 5.44. The quantitative estimate of drug-likeness (QED) is 0.712. The number of rotatable bonds is 2. The molecule has 0 saturated heterocycles. The smallest absolute Gasteiger partial charge is 0.323 e. The zero-order valence-corrected chi connectivity index (χ0v) is 12.1. The molecule has 0 radical (unpaired) electrons. The molecule has 0 heterocycles. The number of carbonyl (C=O) groups excluding carboxylic acids is 1. The maximum absolute atomic E-state index is 11.8. The summed E-state index contributed by atoms with van der Waals surface area (Å²) in [5.74, 6) is 0. The highest BCUT2D eigenvalue weighted by molar-refractivity contribution is 9.10. The van der Waals surface area contributed by atoms with Crippen LogP contribution < -0.4 is 16.4 Å². The molecule has 0 bridgehead atoms. The summed E-state index contributed by atoms with van der Waals surface area (Å²) >= 11 is 9.23. The molecule has 0 atom stereocenters. The number of urea groups is 1. The summed E-state index contributed by atoms with van der Waals surface area (Å²) in [5.41, 5.74) is 7.32. The van der Waals surface area contributed by atoms with Crippen LogP contribution in [0.3, 0.4) is 0 Å². The summed E-state index contributed by atoms with van der Waals surface area (Å²) < 4.78 is 0.806. The Morgan fingerprint density at radius 1 is 1.16 bits per heavy atom. The minimum Gasteiger partial charge on any atom is -0.398 e. The van der Waals surface area contributed by atoms with Crippen LogP contribution in [0.1, 0.15) is 0 Å². The average molecular weight is 341 g/mol. The average Bonchev–Trinajstić information content (AvgIpc) is 2.37. The molecule has 98 valence electrons. The number of hydrogen-bond donors (Lipinski definition) is 3. The van der Waals surface area contributed by atoms with Crippen LogP contribution in [0.15, 0.2) is 46.9 Å². The standard InChI is InChI=1S/C13H11BrClN3O/c14-9-3-1-2-4-12(9)18-13(19)17-8-5-6-11(16)10(15)7-8/h1-7H,16H2,(H2,17,18,19). The van der Waals surface area contributed by atoms with Gasteiger partial charge in [-0.1, -0.05) is 23.7 Å². The lowest BCUT2D eigenvalue weighted by atomic mass is 10.3. The number of nitrogens with one attached hydrogen (secondary N) is 2. The number of benzene rings is 2. The van der Waals surface area contributed by atoms with Crippen molar-refractivity contribution < 1.29 is 4.79 Å². The van der Waals surface area contributed by atoms with Crippen LogP contribution >= 0.6 is 27.5 Å². The van der Waals surface area contributed by atoms with E-state index in [1.165, 1.54) is 0 Å². The predicted octanol–water partition coefficient (Wildman–Crippen LogP) is 4.33. The molecule has 2 amide bonds. The summed E-state index contributed by atoms with van der Waals surface area (Å²) in [4.78, 5) is 11.8. The van der Waals surface area contributed by atoms with Crippen molar-refractivity contribution in [2.24, 2.45) is 0 Å². The predicted molar refractivity (Wildman–Crippen MR) is 82.6 cm³/mol. The van der Waals surface area contributed by atoms with E-state index in [1.807, 2.05) is 18.2 Å². The Bertz CT molecular complexity index is 619. The van der Waals surface area contributed by atoms with Gasteiger partial charge < -0.3 is 16.4 Å². The molecule has 6 heteroatoms. The maximum Gasteiger partial charge on any atom is 0.323 e. The molecule has 0 aliphatic rings. The van der Waals surface area contributed by atoms with E-state index in [-0.39, 0.29) is 6.03 Å². The Morgan fingerprint density at radius 3 is 2.58 bits per heavy atom. The van der Waals surface area contributed by atoms with Crippen LogP contribution in [0.4, 0.5) is 21.9 Å². The molecule has 2 aromatic carbocycles. The first kappa shape index (κ1) is 13.7. The molecule has 2 rings (SSSR count). The first-order chi connectivity index (χ1) is 9.06. The van der Waals surface area contributed by atoms with E-state index in [9.17, 15) is 4.79 Å². The molecule has 0 aromatic heterocycles. The number of carbonyl (C=O) groups is 1. The van der Waals surface area contributed by atoms with Crippen molar-refractivity contribution in [1.82, 2.24) is 0 Å². The topological polar surface area (TPSA) is 67.1 Å². The largest absolute Gasteiger partial charge is 0.398 e. The number of para-hydroxylation sites is 1. The van der Waals surface area contributed by atoms with Gasteiger partial charge in [-0.2, -0.15) is 0 Å². The first-order valence-corrected chi connectivity index (χ1v) is 6.61. The molecule has 0 aliphatic heterocycles. The van der Waals surface area contributed by atoms with Crippen LogP contribution in [0.2, 0.25) is 5.02 Å². The molecule has 4 N–H and O–H groups in total. The zero-order chi connectivity index (χ0) is 13.8. The van der Waals surface area contributed by atoms with Gasteiger partial charge in [0, 0.05) is 10.2 Å². The summed E-state index contributed by atoms with van der Waals surface area (Å²) in [6, 6.07) is 11.9. The molecular formula is C13H11BrClN3O. The van der Waals surface area contributed by atoms with Gasteiger partial charge in [0.15, 0.2) is 0 Å². The Kier molecular flexibility index (Phi) is 4.29. The molecular weight excluding hydrogens is 330 g/mol. The number of amides is 2. The zero-order valence-electron chi connectivity index (χ0n) is 9.78. The number of nitrogen functional groups attached to an aromatic ring is 1. The monoisotopic (exact) mass is 339 g/mol. The highest BCUT2D eigenvalue weighted by Crippen LogP contribution is 2.24. The molecule has 0 saturated carbocycles. The number of hydrogen-bond acceptors (Lipinski definition) is 2. The van der Waals surface area contributed by atoms with Gasteiger partial charge in [-0.05, 0) is 46.3 Å². The third-order valence-electron chi connectivity index (χ3n) is 2.38.